The summed E-state index contributed by atoms with van der Waals surface area (Å²) in [5.74, 6) is 0.997. The zero-order valence-corrected chi connectivity index (χ0v) is 11.9. The van der Waals surface area contributed by atoms with Crippen LogP contribution in [0, 0.1) is 11.8 Å². The van der Waals surface area contributed by atoms with Gasteiger partial charge in [0.05, 0.1) is 0 Å². The molecule has 2 unspecified atom stereocenters. The predicted molar refractivity (Wildman–Crippen MR) is 70.9 cm³/mol. The molecular formula is C13H27N3O. The second-order valence-corrected chi connectivity index (χ2v) is 5.44. The SMILES string of the molecule is CCN(C(=O)C(C)C1CNC1)C(C)CN(C)C. The highest BCUT2D eigenvalue weighted by atomic mass is 16.2. The summed E-state index contributed by atoms with van der Waals surface area (Å²) in [7, 11) is 4.10. The van der Waals surface area contributed by atoms with Crippen molar-refractivity contribution in [2.45, 2.75) is 26.8 Å². The van der Waals surface area contributed by atoms with Crippen LogP contribution in [0.1, 0.15) is 20.8 Å². The van der Waals surface area contributed by atoms with Crippen LogP contribution in [0.3, 0.4) is 0 Å². The van der Waals surface area contributed by atoms with Gasteiger partial charge in [0.1, 0.15) is 0 Å². The first-order valence-electron chi connectivity index (χ1n) is 6.63. The van der Waals surface area contributed by atoms with Crippen molar-refractivity contribution in [3.63, 3.8) is 0 Å². The highest BCUT2D eigenvalue weighted by Crippen LogP contribution is 2.19. The molecule has 0 bridgehead atoms. The molecule has 0 aliphatic carbocycles. The Morgan fingerprint density at radius 2 is 1.94 bits per heavy atom. The number of rotatable bonds is 6. The maximum Gasteiger partial charge on any atom is 0.226 e. The first-order valence-corrected chi connectivity index (χ1v) is 6.63. The Balaban J connectivity index is 2.55. The van der Waals surface area contributed by atoms with E-state index < -0.39 is 0 Å². The zero-order valence-electron chi connectivity index (χ0n) is 11.9. The summed E-state index contributed by atoms with van der Waals surface area (Å²) in [6, 6.07) is 0.290. The van der Waals surface area contributed by atoms with Crippen LogP contribution in [0.25, 0.3) is 0 Å². The van der Waals surface area contributed by atoms with E-state index in [1.165, 1.54) is 0 Å². The van der Waals surface area contributed by atoms with Crippen molar-refractivity contribution in [3.8, 4) is 0 Å². The lowest BCUT2D eigenvalue weighted by Gasteiger charge is -2.37. The van der Waals surface area contributed by atoms with E-state index in [0.717, 1.165) is 26.2 Å². The van der Waals surface area contributed by atoms with Gasteiger partial charge in [-0.1, -0.05) is 6.92 Å². The molecule has 1 saturated heterocycles. The molecule has 0 aromatic rings. The molecule has 1 heterocycles. The van der Waals surface area contributed by atoms with Gasteiger partial charge in [-0.05, 0) is 47.0 Å². The van der Waals surface area contributed by atoms with Gasteiger partial charge in [0.2, 0.25) is 5.91 Å². The second-order valence-electron chi connectivity index (χ2n) is 5.44. The quantitative estimate of drug-likeness (QED) is 0.741. The molecule has 4 nitrogen and oxygen atoms in total. The van der Waals surface area contributed by atoms with Crippen LogP contribution in [0.15, 0.2) is 0 Å². The molecule has 1 aliphatic heterocycles. The number of nitrogens with one attached hydrogen (secondary N) is 1. The highest BCUT2D eigenvalue weighted by Gasteiger charge is 2.32. The lowest BCUT2D eigenvalue weighted by atomic mass is 9.87. The van der Waals surface area contributed by atoms with Gasteiger partial charge >= 0.3 is 0 Å². The highest BCUT2D eigenvalue weighted by molar-refractivity contribution is 5.79. The molecule has 4 heteroatoms. The fourth-order valence-corrected chi connectivity index (χ4v) is 2.44. The van der Waals surface area contributed by atoms with Crippen molar-refractivity contribution in [2.24, 2.45) is 11.8 Å². The molecule has 2 atom stereocenters. The Bertz CT molecular complexity index is 251. The zero-order chi connectivity index (χ0) is 13.0. The average molecular weight is 241 g/mol. The van der Waals surface area contributed by atoms with E-state index in [9.17, 15) is 4.79 Å². The Morgan fingerprint density at radius 3 is 2.29 bits per heavy atom. The molecule has 1 amide bonds. The number of carbonyl (C=O) groups excluding carboxylic acids is 1. The topological polar surface area (TPSA) is 35.6 Å². The van der Waals surface area contributed by atoms with E-state index in [0.29, 0.717) is 11.8 Å². The molecule has 1 fully saturated rings. The number of hydrogen-bond donors (Lipinski definition) is 1. The first kappa shape index (κ1) is 14.5. The van der Waals surface area contributed by atoms with E-state index in [1.54, 1.807) is 0 Å². The summed E-state index contributed by atoms with van der Waals surface area (Å²) < 4.78 is 0. The van der Waals surface area contributed by atoms with Crippen molar-refractivity contribution < 1.29 is 4.79 Å². The summed E-state index contributed by atoms with van der Waals surface area (Å²) in [5.41, 5.74) is 0. The minimum Gasteiger partial charge on any atom is -0.339 e. The molecule has 0 spiro atoms. The van der Waals surface area contributed by atoms with E-state index in [4.69, 9.17) is 0 Å². The fourth-order valence-electron chi connectivity index (χ4n) is 2.44. The Morgan fingerprint density at radius 1 is 1.35 bits per heavy atom. The normalized spacial score (nSPS) is 19.9. The second kappa shape index (κ2) is 6.36. The molecular weight excluding hydrogens is 214 g/mol. The van der Waals surface area contributed by atoms with Gasteiger partial charge in [-0.25, -0.2) is 0 Å². The van der Waals surface area contributed by atoms with Crippen LogP contribution in [-0.4, -0.2) is 62.0 Å². The lowest BCUT2D eigenvalue weighted by Crippen LogP contribution is -2.53. The predicted octanol–water partition coefficient (Wildman–Crippen LogP) is 0.641. The Labute approximate surface area is 105 Å². The van der Waals surface area contributed by atoms with Crippen LogP contribution in [0.5, 0.6) is 0 Å². The van der Waals surface area contributed by atoms with E-state index in [1.807, 2.05) is 19.0 Å². The minimum absolute atomic E-state index is 0.154. The average Bonchev–Trinajstić information content (AvgIpc) is 2.14. The smallest absolute Gasteiger partial charge is 0.226 e. The molecule has 17 heavy (non-hydrogen) atoms. The standard InChI is InChI=1S/C13H27N3O/c1-6-16(10(2)9-15(4)5)13(17)11(3)12-7-14-8-12/h10-12,14H,6-9H2,1-5H3. The van der Waals surface area contributed by atoms with Gasteiger partial charge in [-0.3, -0.25) is 4.79 Å². The number of likely N-dealkylation sites (N-methyl/N-ethyl adjacent to an activating group) is 2. The van der Waals surface area contributed by atoms with Crippen LogP contribution in [0.2, 0.25) is 0 Å². The summed E-state index contributed by atoms with van der Waals surface area (Å²) in [6.07, 6.45) is 0. The summed E-state index contributed by atoms with van der Waals surface area (Å²) in [6.45, 7) is 9.98. The largest absolute Gasteiger partial charge is 0.339 e. The van der Waals surface area contributed by atoms with Gasteiger partial charge in [0, 0.05) is 25.0 Å². The molecule has 1 rings (SSSR count). The molecule has 0 saturated carbocycles. The van der Waals surface area contributed by atoms with Gasteiger partial charge < -0.3 is 15.1 Å². The van der Waals surface area contributed by atoms with Gasteiger partial charge in [-0.15, -0.1) is 0 Å². The van der Waals surface area contributed by atoms with Gasteiger partial charge in [0.25, 0.3) is 0 Å². The molecule has 1 aliphatic rings. The van der Waals surface area contributed by atoms with Crippen molar-refractivity contribution in [1.82, 2.24) is 15.1 Å². The maximum atomic E-state index is 12.4. The summed E-state index contributed by atoms with van der Waals surface area (Å²) >= 11 is 0. The number of nitrogens with zero attached hydrogens (tertiary/aromatic N) is 2. The van der Waals surface area contributed by atoms with Crippen LogP contribution in [0.4, 0.5) is 0 Å². The van der Waals surface area contributed by atoms with E-state index >= 15 is 0 Å². The monoisotopic (exact) mass is 241 g/mol. The van der Waals surface area contributed by atoms with Crippen molar-refractivity contribution in [3.05, 3.63) is 0 Å². The fraction of sp³-hybridized carbons (Fsp3) is 0.923. The molecule has 1 N–H and O–H groups in total. The summed E-state index contributed by atoms with van der Waals surface area (Å²) in [4.78, 5) is 16.6. The third-order valence-corrected chi connectivity index (χ3v) is 3.69. The van der Waals surface area contributed by atoms with Gasteiger partial charge in [-0.2, -0.15) is 0 Å². The Kier molecular flexibility index (Phi) is 5.40. The first-order chi connectivity index (χ1) is 7.97. The molecule has 0 aromatic heterocycles. The van der Waals surface area contributed by atoms with Crippen molar-refractivity contribution in [2.75, 3.05) is 40.3 Å². The van der Waals surface area contributed by atoms with Crippen molar-refractivity contribution >= 4 is 5.91 Å². The molecule has 100 valence electrons. The third kappa shape index (κ3) is 3.68. The van der Waals surface area contributed by atoms with Crippen LogP contribution < -0.4 is 5.32 Å². The van der Waals surface area contributed by atoms with E-state index in [-0.39, 0.29) is 12.0 Å². The third-order valence-electron chi connectivity index (χ3n) is 3.69. The van der Waals surface area contributed by atoms with Crippen molar-refractivity contribution in [1.29, 1.82) is 0 Å². The van der Waals surface area contributed by atoms with E-state index in [2.05, 4.69) is 31.0 Å². The minimum atomic E-state index is 0.154. The molecule has 0 aromatic carbocycles. The number of carbonyl (C=O) groups is 1. The summed E-state index contributed by atoms with van der Waals surface area (Å²) in [5, 5.41) is 3.24. The Hall–Kier alpha value is -0.610. The van der Waals surface area contributed by atoms with Crippen LogP contribution in [-0.2, 0) is 4.79 Å². The van der Waals surface area contributed by atoms with Gasteiger partial charge in [0.15, 0.2) is 0 Å². The number of hydrogen-bond acceptors (Lipinski definition) is 3. The van der Waals surface area contributed by atoms with Crippen LogP contribution >= 0.6 is 0 Å². The number of amides is 1. The maximum absolute atomic E-state index is 12.4. The lowest BCUT2D eigenvalue weighted by molar-refractivity contribution is -0.139. The molecule has 0 radical (unpaired) electrons.